The molecule has 0 amide bonds. The highest BCUT2D eigenvalue weighted by molar-refractivity contribution is 6.10. The Balaban J connectivity index is 1.10. The molecule has 1 saturated carbocycles. The molecule has 6 aliphatic carbocycles. The van der Waals surface area contributed by atoms with E-state index >= 15 is 0 Å². The quantitative estimate of drug-likeness (QED) is 0.122. The molecule has 0 spiro atoms. The summed E-state index contributed by atoms with van der Waals surface area (Å²) in [6, 6.07) is 40.5. The van der Waals surface area contributed by atoms with Crippen LogP contribution in [0.5, 0.6) is 11.5 Å². The molecule has 60 heavy (non-hydrogen) atoms. The molecule has 8 bridgehead atoms. The molecule has 4 atom stereocenters. The number of hydrogen-bond donors (Lipinski definition) is 0. The minimum Gasteiger partial charge on any atom is -0.492 e. The van der Waals surface area contributed by atoms with Gasteiger partial charge >= 0.3 is 0 Å². The van der Waals surface area contributed by atoms with Gasteiger partial charge in [0.1, 0.15) is 11.5 Å². The third kappa shape index (κ3) is 6.80. The average Bonchev–Trinajstić information content (AvgIpc) is 3.36. The van der Waals surface area contributed by atoms with Gasteiger partial charge in [0.05, 0.1) is 13.2 Å². The summed E-state index contributed by atoms with van der Waals surface area (Å²) in [5.41, 5.74) is 12.5. The minimum absolute atomic E-state index is 0.322. The summed E-state index contributed by atoms with van der Waals surface area (Å²) in [4.78, 5) is 0. The molecule has 0 radical (unpaired) electrons. The first-order valence-electron chi connectivity index (χ1n) is 22.8. The second-order valence-electron chi connectivity index (χ2n) is 18.9. The first-order valence-corrected chi connectivity index (χ1v) is 22.8. The second-order valence-corrected chi connectivity index (χ2v) is 18.9. The predicted molar refractivity (Wildman–Crippen MR) is 247 cm³/mol. The van der Waals surface area contributed by atoms with Crippen LogP contribution in [0.25, 0.3) is 32.7 Å². The van der Waals surface area contributed by atoms with Gasteiger partial charge in [0.2, 0.25) is 0 Å². The van der Waals surface area contributed by atoms with E-state index in [4.69, 9.17) is 9.47 Å². The topological polar surface area (TPSA) is 18.5 Å². The second kappa shape index (κ2) is 15.4. The first-order chi connectivity index (χ1) is 29.4. The molecule has 298 valence electrons. The molecule has 0 saturated heterocycles. The fourth-order valence-electron chi connectivity index (χ4n) is 11.7. The maximum absolute atomic E-state index is 6.98. The summed E-state index contributed by atoms with van der Waals surface area (Å²) in [5.74, 6) is 19.9. The van der Waals surface area contributed by atoms with Gasteiger partial charge in [-0.15, -0.1) is 0 Å². The first kappa shape index (κ1) is 37.3. The Morgan fingerprint density at radius 3 is 1.33 bits per heavy atom. The van der Waals surface area contributed by atoms with Crippen LogP contribution in [0.3, 0.4) is 0 Å². The third-order valence-electron chi connectivity index (χ3n) is 15.1. The van der Waals surface area contributed by atoms with Crippen molar-refractivity contribution in [2.75, 3.05) is 13.2 Å². The van der Waals surface area contributed by atoms with Crippen LogP contribution in [-0.2, 0) is 0 Å². The number of ether oxygens (including phenoxy) is 2. The summed E-state index contributed by atoms with van der Waals surface area (Å²) in [7, 11) is 0. The van der Waals surface area contributed by atoms with Crippen LogP contribution >= 0.6 is 0 Å². The van der Waals surface area contributed by atoms with Crippen molar-refractivity contribution in [2.24, 2.45) is 29.6 Å². The van der Waals surface area contributed by atoms with Crippen LogP contribution in [0.4, 0.5) is 0 Å². The summed E-state index contributed by atoms with van der Waals surface area (Å²) in [5, 5.41) is 4.56. The lowest BCUT2D eigenvalue weighted by molar-refractivity contribution is 0.102. The zero-order valence-electron chi connectivity index (χ0n) is 35.3. The van der Waals surface area contributed by atoms with E-state index in [0.717, 1.165) is 72.3 Å². The molecule has 1 aliphatic heterocycles. The zero-order chi connectivity index (χ0) is 40.3. The maximum Gasteiger partial charge on any atom is 0.127 e. The van der Waals surface area contributed by atoms with Crippen molar-refractivity contribution < 1.29 is 9.47 Å². The molecule has 0 aromatic heterocycles. The third-order valence-corrected chi connectivity index (χ3v) is 15.1. The highest BCUT2D eigenvalue weighted by Crippen LogP contribution is 2.54. The summed E-state index contributed by atoms with van der Waals surface area (Å²) < 4.78 is 14.0. The standard InChI is InChI=1S/C58H54O2/c1-36-4-18-43(19-5-36)48-34-59-53-30-26-46-24-16-41-10-8-39-12-20-44(21-13-39)49-28-6-37(2)55-38(3)7-29-50(56(49)55)45-22-14-40(15-23-45)9-11-42-17-25-47-27-31-54(60-35-48)58(52(47)33-42)57(53)51(46)32-41/h12-17,20-27,30-33,36-38,43,48-50H,4-7,18-19,28-29,34-35H2,1-3H3. The lowest BCUT2D eigenvalue weighted by Gasteiger charge is -2.43. The summed E-state index contributed by atoms with van der Waals surface area (Å²) in [6.07, 6.45) is 9.93. The van der Waals surface area contributed by atoms with Gasteiger partial charge in [0.15, 0.2) is 0 Å². The van der Waals surface area contributed by atoms with Gasteiger partial charge in [-0.3, -0.25) is 0 Å². The van der Waals surface area contributed by atoms with Gasteiger partial charge in [-0.25, -0.2) is 0 Å². The monoisotopic (exact) mass is 782 g/mol. The van der Waals surface area contributed by atoms with E-state index in [2.05, 4.69) is 154 Å². The number of fused-ring (bicyclic) bond motifs is 2. The van der Waals surface area contributed by atoms with Crippen molar-refractivity contribution in [3.63, 3.8) is 0 Å². The molecule has 4 unspecified atom stereocenters. The molecule has 1 heterocycles. The molecule has 6 aromatic rings. The van der Waals surface area contributed by atoms with Crippen molar-refractivity contribution in [1.82, 2.24) is 0 Å². The zero-order valence-corrected chi connectivity index (χ0v) is 35.3. The largest absolute Gasteiger partial charge is 0.492 e. The maximum atomic E-state index is 6.98. The molecule has 13 rings (SSSR count). The van der Waals surface area contributed by atoms with Crippen molar-refractivity contribution >= 4 is 21.5 Å². The fourth-order valence-corrected chi connectivity index (χ4v) is 11.7. The summed E-state index contributed by atoms with van der Waals surface area (Å²) in [6.45, 7) is 8.62. The van der Waals surface area contributed by atoms with Crippen molar-refractivity contribution in [3.8, 4) is 46.3 Å². The molecule has 2 nitrogen and oxygen atoms in total. The molecule has 2 heteroatoms. The van der Waals surface area contributed by atoms with Crippen LogP contribution in [-0.4, -0.2) is 13.2 Å². The van der Waals surface area contributed by atoms with Gasteiger partial charge in [-0.05, 0) is 156 Å². The van der Waals surface area contributed by atoms with E-state index in [0.29, 0.717) is 48.7 Å². The van der Waals surface area contributed by atoms with Gasteiger partial charge in [0, 0.05) is 51.1 Å². The fraction of sp³-hybridized carbons (Fsp3) is 0.345. The van der Waals surface area contributed by atoms with E-state index in [1.165, 1.54) is 62.5 Å². The minimum atomic E-state index is 0.322. The Hall–Kier alpha value is -5.70. The van der Waals surface area contributed by atoms with Crippen LogP contribution in [0.1, 0.15) is 117 Å². The Morgan fingerprint density at radius 2 is 0.850 bits per heavy atom. The van der Waals surface area contributed by atoms with Gasteiger partial charge < -0.3 is 9.47 Å². The van der Waals surface area contributed by atoms with Gasteiger partial charge in [-0.1, -0.05) is 117 Å². The Morgan fingerprint density at radius 1 is 0.417 bits per heavy atom. The summed E-state index contributed by atoms with van der Waals surface area (Å²) >= 11 is 0. The van der Waals surface area contributed by atoms with E-state index in [1.54, 1.807) is 11.1 Å². The number of hydrogen-bond acceptors (Lipinski definition) is 2. The molecule has 0 N–H and O–H groups in total. The highest BCUT2D eigenvalue weighted by atomic mass is 16.5. The predicted octanol–water partition coefficient (Wildman–Crippen LogP) is 14.0. The van der Waals surface area contributed by atoms with Gasteiger partial charge in [-0.2, -0.15) is 0 Å². The number of rotatable bonds is 1. The Kier molecular flexibility index (Phi) is 9.58. The molecule has 7 aliphatic rings. The molecule has 6 aromatic carbocycles. The Labute approximate surface area is 356 Å². The smallest absolute Gasteiger partial charge is 0.127 e. The van der Waals surface area contributed by atoms with E-state index in [-0.39, 0.29) is 0 Å². The Bertz CT molecular complexity index is 2610. The molecular weight excluding hydrogens is 729 g/mol. The van der Waals surface area contributed by atoms with E-state index in [1.807, 2.05) is 0 Å². The number of benzene rings is 6. The van der Waals surface area contributed by atoms with Crippen LogP contribution < -0.4 is 9.47 Å². The van der Waals surface area contributed by atoms with Crippen LogP contribution in [0.2, 0.25) is 0 Å². The van der Waals surface area contributed by atoms with Crippen molar-refractivity contribution in [2.45, 2.75) is 84.0 Å². The SMILES string of the molecule is CC1CCC(C2COc3ccc4ccc5cc4c3-c3c(ccc4ccc(cc34)C#Cc3ccc(cc3)C3CCC(C)C4=C3C(CCC4C)c3ccc(cc3)C#C5)OC2)CC1. The highest BCUT2D eigenvalue weighted by Gasteiger charge is 2.38. The lowest BCUT2D eigenvalue weighted by atomic mass is 9.61. The molecular formula is C58H54O2. The number of allylic oxidation sites excluding steroid dienone is 2. The van der Waals surface area contributed by atoms with E-state index in [9.17, 15) is 0 Å². The van der Waals surface area contributed by atoms with Crippen LogP contribution in [0.15, 0.2) is 120 Å². The van der Waals surface area contributed by atoms with Crippen molar-refractivity contribution in [3.05, 3.63) is 154 Å². The average molecular weight is 783 g/mol. The van der Waals surface area contributed by atoms with Crippen LogP contribution in [0, 0.1) is 53.3 Å². The molecule has 1 fully saturated rings. The van der Waals surface area contributed by atoms with E-state index < -0.39 is 0 Å². The normalized spacial score (nSPS) is 25.6. The van der Waals surface area contributed by atoms with Gasteiger partial charge in [0.25, 0.3) is 0 Å². The lowest BCUT2D eigenvalue weighted by Crippen LogP contribution is -2.30. The van der Waals surface area contributed by atoms with Crippen molar-refractivity contribution in [1.29, 1.82) is 0 Å².